The number of benzene rings is 1. The molecule has 1 rings (SSSR count). The molecule has 0 saturated heterocycles. The van der Waals surface area contributed by atoms with Gasteiger partial charge in [0.05, 0.1) is 17.6 Å². The van der Waals surface area contributed by atoms with E-state index in [1.807, 2.05) is 6.92 Å². The molecule has 1 N–H and O–H groups in total. The maximum Gasteiger partial charge on any atom is 0.339 e. The zero-order chi connectivity index (χ0) is 19.9. The van der Waals surface area contributed by atoms with Gasteiger partial charge in [0.2, 0.25) is 0 Å². The van der Waals surface area contributed by atoms with Gasteiger partial charge in [0.25, 0.3) is 5.91 Å². The predicted molar refractivity (Wildman–Crippen MR) is 93.2 cm³/mol. The van der Waals surface area contributed by atoms with E-state index in [1.54, 1.807) is 6.92 Å². The molecule has 0 aliphatic rings. The van der Waals surface area contributed by atoms with Crippen molar-refractivity contribution in [3.63, 3.8) is 0 Å². The number of methoxy groups -OCH3 is 1. The Morgan fingerprint density at radius 1 is 1.19 bits per heavy atom. The lowest BCUT2D eigenvalue weighted by Gasteiger charge is -2.21. The van der Waals surface area contributed by atoms with Crippen LogP contribution in [0.2, 0.25) is 0 Å². The van der Waals surface area contributed by atoms with Crippen molar-refractivity contribution in [3.8, 4) is 0 Å². The second kappa shape index (κ2) is 9.33. The standard InChI is InChI=1S/C17H23NO7S/c1-5-11(2)15(17(21)24-3)18-14(19)10-25-16(20)12-8-6-7-9-13(12)26(4,22)23/h6-9,11,15H,5,10H2,1-4H3,(H,18,19)/t11-,15+/m1/s1. The van der Waals surface area contributed by atoms with Gasteiger partial charge in [-0.2, -0.15) is 0 Å². The van der Waals surface area contributed by atoms with Crippen LogP contribution in [0.15, 0.2) is 29.2 Å². The first-order valence-corrected chi connectivity index (χ1v) is 9.84. The van der Waals surface area contributed by atoms with Crippen LogP contribution in [0.3, 0.4) is 0 Å². The van der Waals surface area contributed by atoms with Gasteiger partial charge in [-0.1, -0.05) is 32.4 Å². The molecule has 1 aromatic rings. The summed E-state index contributed by atoms with van der Waals surface area (Å²) in [6.45, 7) is 2.98. The van der Waals surface area contributed by atoms with Crippen LogP contribution in [0.5, 0.6) is 0 Å². The van der Waals surface area contributed by atoms with Crippen molar-refractivity contribution >= 4 is 27.7 Å². The van der Waals surface area contributed by atoms with Crippen molar-refractivity contribution in [3.05, 3.63) is 29.8 Å². The smallest absolute Gasteiger partial charge is 0.339 e. The van der Waals surface area contributed by atoms with E-state index < -0.39 is 40.3 Å². The Bertz CT molecular complexity index is 773. The quantitative estimate of drug-likeness (QED) is 0.662. The molecule has 26 heavy (non-hydrogen) atoms. The largest absolute Gasteiger partial charge is 0.467 e. The molecular weight excluding hydrogens is 362 g/mol. The fraction of sp³-hybridized carbons (Fsp3) is 0.471. The third kappa shape index (κ3) is 5.83. The SMILES string of the molecule is CC[C@@H](C)[C@H](NC(=O)COC(=O)c1ccccc1S(C)(=O)=O)C(=O)OC. The summed E-state index contributed by atoms with van der Waals surface area (Å²) in [5.74, 6) is -2.40. The Balaban J connectivity index is 2.79. The summed E-state index contributed by atoms with van der Waals surface area (Å²) in [6.07, 6.45) is 1.60. The molecule has 0 fully saturated rings. The van der Waals surface area contributed by atoms with E-state index in [2.05, 4.69) is 10.1 Å². The first-order valence-electron chi connectivity index (χ1n) is 7.95. The number of carbonyl (C=O) groups excluding carboxylic acids is 3. The number of rotatable bonds is 8. The zero-order valence-electron chi connectivity index (χ0n) is 15.1. The fourth-order valence-corrected chi connectivity index (χ4v) is 3.06. The normalized spacial score (nSPS) is 13.4. The topological polar surface area (TPSA) is 116 Å². The van der Waals surface area contributed by atoms with Gasteiger partial charge in [0.1, 0.15) is 6.04 Å². The highest BCUT2D eigenvalue weighted by Gasteiger charge is 2.27. The van der Waals surface area contributed by atoms with Gasteiger partial charge in [-0.25, -0.2) is 18.0 Å². The van der Waals surface area contributed by atoms with Crippen molar-refractivity contribution < 1.29 is 32.3 Å². The fourth-order valence-electron chi connectivity index (χ4n) is 2.18. The molecule has 8 nitrogen and oxygen atoms in total. The van der Waals surface area contributed by atoms with Gasteiger partial charge < -0.3 is 14.8 Å². The molecule has 0 unspecified atom stereocenters. The molecule has 0 aromatic heterocycles. The van der Waals surface area contributed by atoms with Gasteiger partial charge in [0, 0.05) is 6.26 Å². The molecule has 1 amide bonds. The van der Waals surface area contributed by atoms with E-state index in [4.69, 9.17) is 4.74 Å². The molecule has 0 spiro atoms. The van der Waals surface area contributed by atoms with Crippen molar-refractivity contribution in [2.24, 2.45) is 5.92 Å². The molecule has 0 saturated carbocycles. The molecule has 0 aliphatic carbocycles. The number of ether oxygens (including phenoxy) is 2. The Morgan fingerprint density at radius 2 is 1.81 bits per heavy atom. The van der Waals surface area contributed by atoms with Gasteiger partial charge in [0.15, 0.2) is 16.4 Å². The minimum absolute atomic E-state index is 0.158. The number of carbonyl (C=O) groups is 3. The van der Waals surface area contributed by atoms with E-state index in [0.29, 0.717) is 6.42 Å². The summed E-state index contributed by atoms with van der Waals surface area (Å²) in [6, 6.07) is 4.68. The summed E-state index contributed by atoms with van der Waals surface area (Å²) in [7, 11) is -2.41. The number of sulfone groups is 1. The van der Waals surface area contributed by atoms with Crippen molar-refractivity contribution in [2.75, 3.05) is 20.0 Å². The average molecular weight is 385 g/mol. The number of hydrogen-bond acceptors (Lipinski definition) is 7. The molecule has 9 heteroatoms. The molecular formula is C17H23NO7S. The summed E-state index contributed by atoms with van der Waals surface area (Å²) in [4.78, 5) is 35.7. The highest BCUT2D eigenvalue weighted by atomic mass is 32.2. The lowest BCUT2D eigenvalue weighted by molar-refractivity contribution is -0.147. The molecule has 144 valence electrons. The second-order valence-electron chi connectivity index (χ2n) is 5.80. The van der Waals surface area contributed by atoms with Crippen LogP contribution in [0.1, 0.15) is 30.6 Å². The van der Waals surface area contributed by atoms with Crippen LogP contribution in [0.4, 0.5) is 0 Å². The Morgan fingerprint density at radius 3 is 2.35 bits per heavy atom. The zero-order valence-corrected chi connectivity index (χ0v) is 16.0. The third-order valence-corrected chi connectivity index (χ3v) is 4.98. The van der Waals surface area contributed by atoms with Crippen molar-refractivity contribution in [1.82, 2.24) is 5.32 Å². The number of hydrogen-bond donors (Lipinski definition) is 1. The summed E-state index contributed by atoms with van der Waals surface area (Å²) < 4.78 is 33.0. The maximum absolute atomic E-state index is 12.1. The van der Waals surface area contributed by atoms with Crippen molar-refractivity contribution in [1.29, 1.82) is 0 Å². The molecule has 0 aliphatic heterocycles. The highest BCUT2D eigenvalue weighted by molar-refractivity contribution is 7.90. The van der Waals surface area contributed by atoms with E-state index in [1.165, 1.54) is 31.4 Å². The monoisotopic (exact) mass is 385 g/mol. The van der Waals surface area contributed by atoms with Crippen LogP contribution in [0, 0.1) is 5.92 Å². The minimum atomic E-state index is -3.63. The van der Waals surface area contributed by atoms with Crippen LogP contribution in [0.25, 0.3) is 0 Å². The summed E-state index contributed by atoms with van der Waals surface area (Å²) in [5, 5.41) is 2.46. The molecule has 0 bridgehead atoms. The van der Waals surface area contributed by atoms with E-state index in [9.17, 15) is 22.8 Å². The van der Waals surface area contributed by atoms with E-state index >= 15 is 0 Å². The maximum atomic E-state index is 12.1. The first-order chi connectivity index (χ1) is 12.1. The lowest BCUT2D eigenvalue weighted by atomic mass is 9.99. The summed E-state index contributed by atoms with van der Waals surface area (Å²) >= 11 is 0. The van der Waals surface area contributed by atoms with Gasteiger partial charge in [-0.05, 0) is 18.1 Å². The molecule has 0 heterocycles. The van der Waals surface area contributed by atoms with Gasteiger partial charge in [-0.3, -0.25) is 4.79 Å². The third-order valence-electron chi connectivity index (χ3n) is 3.83. The van der Waals surface area contributed by atoms with Crippen LogP contribution in [-0.2, 0) is 28.9 Å². The van der Waals surface area contributed by atoms with Crippen LogP contribution in [-0.4, -0.2) is 52.3 Å². The Hall–Kier alpha value is -2.42. The second-order valence-corrected chi connectivity index (χ2v) is 7.78. The molecule has 2 atom stereocenters. The van der Waals surface area contributed by atoms with Crippen LogP contribution >= 0.6 is 0 Å². The molecule has 1 aromatic carbocycles. The van der Waals surface area contributed by atoms with Crippen molar-refractivity contribution in [2.45, 2.75) is 31.2 Å². The minimum Gasteiger partial charge on any atom is -0.467 e. The van der Waals surface area contributed by atoms with Crippen LogP contribution < -0.4 is 5.32 Å². The Labute approximate surface area is 152 Å². The van der Waals surface area contributed by atoms with E-state index in [-0.39, 0.29) is 16.4 Å². The summed E-state index contributed by atoms with van der Waals surface area (Å²) in [5.41, 5.74) is -0.158. The van der Waals surface area contributed by atoms with Gasteiger partial charge >= 0.3 is 11.9 Å². The average Bonchev–Trinajstić information content (AvgIpc) is 2.62. The number of esters is 2. The van der Waals surface area contributed by atoms with E-state index in [0.717, 1.165) is 6.26 Å². The predicted octanol–water partition coefficient (Wildman–Crippen LogP) is 0.951. The number of amides is 1. The first kappa shape index (κ1) is 21.6. The Kier molecular flexibility index (Phi) is 7.76. The van der Waals surface area contributed by atoms with Gasteiger partial charge in [-0.15, -0.1) is 0 Å². The molecule has 0 radical (unpaired) electrons. The lowest BCUT2D eigenvalue weighted by Crippen LogP contribution is -2.47. The highest BCUT2D eigenvalue weighted by Crippen LogP contribution is 2.16. The number of nitrogens with one attached hydrogen (secondary N) is 1.